The van der Waals surface area contributed by atoms with Crippen LogP contribution < -0.4 is 10.9 Å². The maximum Gasteiger partial charge on any atom is 0.254 e. The van der Waals surface area contributed by atoms with Crippen LogP contribution in [0.5, 0.6) is 0 Å². The van der Waals surface area contributed by atoms with Gasteiger partial charge in [0.25, 0.3) is 5.56 Å². The molecule has 120 valence electrons. The highest BCUT2D eigenvalue weighted by atomic mass is 19.1. The quantitative estimate of drug-likeness (QED) is 0.797. The summed E-state index contributed by atoms with van der Waals surface area (Å²) in [4.78, 5) is 32.0. The largest absolute Gasteiger partial charge is 0.324 e. The fourth-order valence-electron chi connectivity index (χ4n) is 2.15. The third-order valence-corrected chi connectivity index (χ3v) is 3.31. The number of hydrogen-bond donors (Lipinski definition) is 1. The van der Waals surface area contributed by atoms with Crippen LogP contribution in [0.4, 0.5) is 10.1 Å². The van der Waals surface area contributed by atoms with E-state index >= 15 is 0 Å². The molecule has 1 aromatic carbocycles. The van der Waals surface area contributed by atoms with Gasteiger partial charge in [0.1, 0.15) is 12.4 Å². The van der Waals surface area contributed by atoms with Gasteiger partial charge in [-0.15, -0.1) is 0 Å². The maximum absolute atomic E-state index is 13.7. The topological polar surface area (TPSA) is 76.9 Å². The molecule has 1 N–H and O–H groups in total. The molecular formula is C17H13FN4O2. The number of hydrogen-bond acceptors (Lipinski definition) is 4. The monoisotopic (exact) mass is 324 g/mol. The van der Waals surface area contributed by atoms with Gasteiger partial charge in [0.15, 0.2) is 0 Å². The van der Waals surface area contributed by atoms with Gasteiger partial charge in [0.2, 0.25) is 5.91 Å². The van der Waals surface area contributed by atoms with Crippen molar-refractivity contribution in [1.82, 2.24) is 14.5 Å². The zero-order valence-corrected chi connectivity index (χ0v) is 12.5. The average Bonchev–Trinajstić information content (AvgIpc) is 2.58. The lowest BCUT2D eigenvalue weighted by Crippen LogP contribution is -2.27. The Kier molecular flexibility index (Phi) is 4.42. The highest BCUT2D eigenvalue weighted by Crippen LogP contribution is 2.18. The van der Waals surface area contributed by atoms with Gasteiger partial charge in [-0.2, -0.15) is 0 Å². The van der Waals surface area contributed by atoms with E-state index in [1.165, 1.54) is 24.5 Å². The summed E-state index contributed by atoms with van der Waals surface area (Å²) >= 11 is 0. The maximum atomic E-state index is 13.7. The van der Waals surface area contributed by atoms with Crippen LogP contribution in [0.1, 0.15) is 0 Å². The first kappa shape index (κ1) is 15.5. The molecule has 0 fully saturated rings. The average molecular weight is 324 g/mol. The Morgan fingerprint density at radius 3 is 2.62 bits per heavy atom. The summed E-state index contributed by atoms with van der Waals surface area (Å²) in [7, 11) is 0. The molecule has 1 amide bonds. The van der Waals surface area contributed by atoms with Gasteiger partial charge in [0.05, 0.1) is 12.0 Å². The van der Waals surface area contributed by atoms with E-state index < -0.39 is 11.4 Å². The Balaban J connectivity index is 1.77. The van der Waals surface area contributed by atoms with E-state index in [0.29, 0.717) is 5.69 Å². The third-order valence-electron chi connectivity index (χ3n) is 3.31. The van der Waals surface area contributed by atoms with Crippen molar-refractivity contribution in [3.63, 3.8) is 0 Å². The second-order valence-corrected chi connectivity index (χ2v) is 5.00. The van der Waals surface area contributed by atoms with Gasteiger partial charge in [-0.25, -0.2) is 9.37 Å². The number of anilines is 1. The van der Waals surface area contributed by atoms with Crippen molar-refractivity contribution < 1.29 is 9.18 Å². The van der Waals surface area contributed by atoms with E-state index in [4.69, 9.17) is 0 Å². The van der Waals surface area contributed by atoms with E-state index in [-0.39, 0.29) is 23.7 Å². The number of nitrogens with one attached hydrogen (secondary N) is 1. The number of benzene rings is 1. The Labute approximate surface area is 136 Å². The highest BCUT2D eigenvalue weighted by molar-refractivity contribution is 5.90. The molecule has 7 heteroatoms. The first-order chi connectivity index (χ1) is 11.6. The van der Waals surface area contributed by atoms with Crippen molar-refractivity contribution in [2.24, 2.45) is 0 Å². The standard InChI is InChI=1S/C17H13FN4O2/c18-14-4-2-1-3-13(14)15-9-17(24)22(11-20-15)10-16(23)21-12-5-7-19-8-6-12/h1-9,11H,10H2,(H,19,21,23). The van der Waals surface area contributed by atoms with E-state index in [1.807, 2.05) is 0 Å². The second kappa shape index (κ2) is 6.82. The number of pyridine rings is 1. The predicted molar refractivity (Wildman–Crippen MR) is 86.8 cm³/mol. The molecule has 0 aliphatic rings. The van der Waals surface area contributed by atoms with Crippen LogP contribution >= 0.6 is 0 Å². The summed E-state index contributed by atoms with van der Waals surface area (Å²) < 4.78 is 14.9. The number of nitrogens with zero attached hydrogens (tertiary/aromatic N) is 3. The Hall–Kier alpha value is -3.35. The van der Waals surface area contributed by atoms with Gasteiger partial charge >= 0.3 is 0 Å². The molecule has 0 radical (unpaired) electrons. The van der Waals surface area contributed by atoms with Gasteiger partial charge in [0, 0.05) is 29.7 Å². The van der Waals surface area contributed by atoms with Crippen LogP contribution in [0.2, 0.25) is 0 Å². The predicted octanol–water partition coefficient (Wildman–Crippen LogP) is 2.08. The minimum atomic E-state index is -0.461. The van der Waals surface area contributed by atoms with Crippen molar-refractivity contribution >= 4 is 11.6 Å². The number of carbonyl (C=O) groups excluding carboxylic acids is 1. The number of rotatable bonds is 4. The van der Waals surface area contributed by atoms with Crippen LogP contribution in [0.15, 0.2) is 66.0 Å². The first-order valence-electron chi connectivity index (χ1n) is 7.15. The molecule has 3 aromatic rings. The van der Waals surface area contributed by atoms with E-state index in [0.717, 1.165) is 4.57 Å². The van der Waals surface area contributed by atoms with Gasteiger partial charge < -0.3 is 5.32 Å². The van der Waals surface area contributed by atoms with Crippen LogP contribution in [-0.4, -0.2) is 20.4 Å². The molecule has 0 spiro atoms. The fraction of sp³-hybridized carbons (Fsp3) is 0.0588. The van der Waals surface area contributed by atoms with Gasteiger partial charge in [-0.3, -0.25) is 19.1 Å². The number of carbonyl (C=O) groups is 1. The summed E-state index contributed by atoms with van der Waals surface area (Å²) in [5.74, 6) is -0.832. The fourth-order valence-corrected chi connectivity index (χ4v) is 2.15. The van der Waals surface area contributed by atoms with E-state index in [1.54, 1.807) is 36.7 Å². The lowest BCUT2D eigenvalue weighted by molar-refractivity contribution is -0.116. The lowest BCUT2D eigenvalue weighted by atomic mass is 10.1. The number of amides is 1. The van der Waals surface area contributed by atoms with Crippen molar-refractivity contribution in [1.29, 1.82) is 0 Å². The SMILES string of the molecule is O=C(Cn1cnc(-c2ccccc2F)cc1=O)Nc1ccncc1. The van der Waals surface area contributed by atoms with Crippen molar-refractivity contribution in [2.75, 3.05) is 5.32 Å². The molecule has 0 unspecified atom stereocenters. The summed E-state index contributed by atoms with van der Waals surface area (Å²) in [6, 6.07) is 10.5. The molecule has 3 rings (SSSR count). The lowest BCUT2D eigenvalue weighted by Gasteiger charge is -2.08. The summed E-state index contributed by atoms with van der Waals surface area (Å²) in [5, 5.41) is 2.65. The number of aromatic nitrogens is 3. The summed E-state index contributed by atoms with van der Waals surface area (Å²) in [6.07, 6.45) is 4.33. The molecule has 0 saturated carbocycles. The van der Waals surface area contributed by atoms with E-state index in [9.17, 15) is 14.0 Å². The molecule has 0 aliphatic heterocycles. The minimum absolute atomic E-state index is 0.189. The third kappa shape index (κ3) is 3.52. The molecule has 24 heavy (non-hydrogen) atoms. The Morgan fingerprint density at radius 2 is 1.92 bits per heavy atom. The second-order valence-electron chi connectivity index (χ2n) is 5.00. The Bertz CT molecular complexity index is 925. The van der Waals surface area contributed by atoms with Gasteiger partial charge in [-0.1, -0.05) is 12.1 Å². The van der Waals surface area contributed by atoms with Crippen LogP contribution in [0.25, 0.3) is 11.3 Å². The Morgan fingerprint density at radius 1 is 1.17 bits per heavy atom. The molecule has 0 aliphatic carbocycles. The normalized spacial score (nSPS) is 10.4. The van der Waals surface area contributed by atoms with Crippen molar-refractivity contribution in [3.05, 3.63) is 77.4 Å². The molecule has 6 nitrogen and oxygen atoms in total. The van der Waals surface area contributed by atoms with Gasteiger partial charge in [-0.05, 0) is 24.3 Å². The zero-order valence-electron chi connectivity index (χ0n) is 12.5. The van der Waals surface area contributed by atoms with Crippen LogP contribution in [0.3, 0.4) is 0 Å². The molecule has 0 saturated heterocycles. The summed E-state index contributed by atoms with van der Waals surface area (Å²) in [5.41, 5.74) is 0.610. The highest BCUT2D eigenvalue weighted by Gasteiger charge is 2.09. The number of halogens is 1. The molecule has 0 atom stereocenters. The molecule has 0 bridgehead atoms. The van der Waals surface area contributed by atoms with E-state index in [2.05, 4.69) is 15.3 Å². The summed E-state index contributed by atoms with van der Waals surface area (Å²) in [6.45, 7) is -0.189. The molecule has 2 heterocycles. The minimum Gasteiger partial charge on any atom is -0.324 e. The van der Waals surface area contributed by atoms with Crippen LogP contribution in [0, 0.1) is 5.82 Å². The molecular weight excluding hydrogens is 311 g/mol. The van der Waals surface area contributed by atoms with Crippen LogP contribution in [-0.2, 0) is 11.3 Å². The molecule has 2 aromatic heterocycles. The van der Waals surface area contributed by atoms with Crippen molar-refractivity contribution in [2.45, 2.75) is 6.54 Å². The van der Waals surface area contributed by atoms with Crippen molar-refractivity contribution in [3.8, 4) is 11.3 Å². The first-order valence-corrected chi connectivity index (χ1v) is 7.15. The zero-order chi connectivity index (χ0) is 16.9. The smallest absolute Gasteiger partial charge is 0.254 e.